The molecule has 5 heteroatoms. The van der Waals surface area contributed by atoms with Crippen LogP contribution in [0.1, 0.15) is 12.8 Å². The van der Waals surface area contributed by atoms with Crippen molar-refractivity contribution in [3.63, 3.8) is 0 Å². The van der Waals surface area contributed by atoms with Crippen molar-refractivity contribution in [2.24, 2.45) is 5.92 Å². The Morgan fingerprint density at radius 3 is 3.00 bits per heavy atom. The topological polar surface area (TPSA) is 64.6 Å². The lowest BCUT2D eigenvalue weighted by Crippen LogP contribution is -2.27. The molecule has 1 amide bonds. The highest BCUT2D eigenvalue weighted by molar-refractivity contribution is 5.75. The second-order valence-electron chi connectivity index (χ2n) is 3.39. The van der Waals surface area contributed by atoms with Gasteiger partial charge >= 0.3 is 12.1 Å². The third kappa shape index (κ3) is 1.34. The summed E-state index contributed by atoms with van der Waals surface area (Å²) in [7, 11) is 1.37. The van der Waals surface area contributed by atoms with Gasteiger partial charge in [-0.15, -0.1) is 0 Å². The van der Waals surface area contributed by atoms with Crippen molar-refractivity contribution in [2.75, 3.05) is 7.11 Å². The second-order valence-corrected chi connectivity index (χ2v) is 3.39. The third-order valence-corrected chi connectivity index (χ3v) is 2.60. The normalized spacial score (nSPS) is 36.4. The number of methoxy groups -OCH3 is 1. The maximum Gasteiger partial charge on any atom is 0.407 e. The summed E-state index contributed by atoms with van der Waals surface area (Å²) in [4.78, 5) is 21.9. The zero-order valence-corrected chi connectivity index (χ0v) is 7.28. The first-order chi connectivity index (χ1) is 6.20. The average Bonchev–Trinajstić information content (AvgIpc) is 2.59. The molecule has 1 saturated carbocycles. The van der Waals surface area contributed by atoms with Gasteiger partial charge in [0, 0.05) is 0 Å². The number of amides is 1. The van der Waals surface area contributed by atoms with Crippen molar-refractivity contribution >= 4 is 12.1 Å². The maximum absolute atomic E-state index is 11.1. The number of carbonyl (C=O) groups is 2. The molecule has 72 valence electrons. The second kappa shape index (κ2) is 2.90. The van der Waals surface area contributed by atoms with Crippen LogP contribution in [-0.2, 0) is 14.3 Å². The summed E-state index contributed by atoms with van der Waals surface area (Å²) < 4.78 is 9.57. The van der Waals surface area contributed by atoms with E-state index in [9.17, 15) is 9.59 Å². The minimum atomic E-state index is -0.377. The van der Waals surface area contributed by atoms with Crippen LogP contribution in [0.4, 0.5) is 4.79 Å². The van der Waals surface area contributed by atoms with E-state index in [2.05, 4.69) is 10.1 Å². The van der Waals surface area contributed by atoms with E-state index in [0.717, 1.165) is 0 Å². The molecule has 1 saturated heterocycles. The Bertz CT molecular complexity index is 237. The Hall–Kier alpha value is -1.26. The number of rotatable bonds is 1. The SMILES string of the molecule is COC(=O)[C@H]1CC2OC(=O)N[C@H]2C1. The van der Waals surface area contributed by atoms with E-state index in [-0.39, 0.29) is 30.1 Å². The van der Waals surface area contributed by atoms with Gasteiger partial charge in [0.25, 0.3) is 0 Å². The Morgan fingerprint density at radius 2 is 2.38 bits per heavy atom. The molecule has 1 unspecified atom stereocenters. The molecular weight excluding hydrogens is 174 g/mol. The van der Waals surface area contributed by atoms with Crippen molar-refractivity contribution in [1.29, 1.82) is 0 Å². The van der Waals surface area contributed by atoms with Gasteiger partial charge in [-0.2, -0.15) is 0 Å². The molecule has 5 nitrogen and oxygen atoms in total. The molecule has 13 heavy (non-hydrogen) atoms. The van der Waals surface area contributed by atoms with E-state index in [0.29, 0.717) is 12.8 Å². The number of hydrogen-bond donors (Lipinski definition) is 1. The lowest BCUT2D eigenvalue weighted by molar-refractivity contribution is -0.145. The Kier molecular flexibility index (Phi) is 1.86. The van der Waals surface area contributed by atoms with Crippen LogP contribution < -0.4 is 5.32 Å². The quantitative estimate of drug-likeness (QED) is 0.586. The molecule has 0 bridgehead atoms. The molecule has 3 atom stereocenters. The van der Waals surface area contributed by atoms with E-state index in [1.54, 1.807) is 0 Å². The first kappa shape index (κ1) is 8.34. The molecule has 1 N–H and O–H groups in total. The monoisotopic (exact) mass is 185 g/mol. The molecule has 0 aromatic carbocycles. The van der Waals surface area contributed by atoms with Crippen LogP contribution in [0.3, 0.4) is 0 Å². The fourth-order valence-corrected chi connectivity index (χ4v) is 1.96. The van der Waals surface area contributed by atoms with Gasteiger partial charge in [0.2, 0.25) is 0 Å². The van der Waals surface area contributed by atoms with Gasteiger partial charge in [0.05, 0.1) is 19.1 Å². The van der Waals surface area contributed by atoms with Crippen LogP contribution in [0.15, 0.2) is 0 Å². The summed E-state index contributed by atoms with van der Waals surface area (Å²) in [6, 6.07) is -0.00315. The largest absolute Gasteiger partial charge is 0.469 e. The molecule has 0 aromatic heterocycles. The number of ether oxygens (including phenoxy) is 2. The molecule has 2 aliphatic rings. The van der Waals surface area contributed by atoms with Crippen molar-refractivity contribution in [3.8, 4) is 0 Å². The highest BCUT2D eigenvalue weighted by atomic mass is 16.6. The molecule has 1 aliphatic carbocycles. The van der Waals surface area contributed by atoms with Crippen molar-refractivity contribution in [1.82, 2.24) is 5.32 Å². The molecular formula is C8H11NO4. The first-order valence-electron chi connectivity index (χ1n) is 4.25. The van der Waals surface area contributed by atoms with Crippen molar-refractivity contribution in [2.45, 2.75) is 25.0 Å². The lowest BCUT2D eigenvalue weighted by atomic mass is 10.1. The van der Waals surface area contributed by atoms with Gasteiger partial charge < -0.3 is 14.8 Å². The predicted octanol–water partition coefficient (Wildman–Crippen LogP) is 0.0464. The molecule has 2 fully saturated rings. The van der Waals surface area contributed by atoms with Gasteiger partial charge in [-0.3, -0.25) is 4.79 Å². The van der Waals surface area contributed by atoms with Crippen molar-refractivity contribution < 1.29 is 19.1 Å². The van der Waals surface area contributed by atoms with Gasteiger partial charge in [-0.1, -0.05) is 0 Å². The first-order valence-corrected chi connectivity index (χ1v) is 4.25. The number of alkyl carbamates (subject to hydrolysis) is 1. The van der Waals surface area contributed by atoms with Crippen LogP contribution in [0.25, 0.3) is 0 Å². The van der Waals surface area contributed by atoms with E-state index < -0.39 is 0 Å². The highest BCUT2D eigenvalue weighted by Gasteiger charge is 2.45. The van der Waals surface area contributed by atoms with Gasteiger partial charge in [0.1, 0.15) is 6.10 Å². The van der Waals surface area contributed by atoms with Gasteiger partial charge in [0.15, 0.2) is 0 Å². The number of esters is 1. The summed E-state index contributed by atoms with van der Waals surface area (Å²) in [5.41, 5.74) is 0. The van der Waals surface area contributed by atoms with Crippen LogP contribution in [-0.4, -0.2) is 31.3 Å². The minimum Gasteiger partial charge on any atom is -0.469 e. The molecule has 0 radical (unpaired) electrons. The van der Waals surface area contributed by atoms with Crippen LogP contribution >= 0.6 is 0 Å². The van der Waals surface area contributed by atoms with E-state index in [1.165, 1.54) is 7.11 Å². The summed E-state index contributed by atoms with van der Waals surface area (Å²) >= 11 is 0. The lowest BCUT2D eigenvalue weighted by Gasteiger charge is -2.07. The van der Waals surface area contributed by atoms with Crippen LogP contribution in [0.2, 0.25) is 0 Å². The van der Waals surface area contributed by atoms with E-state index >= 15 is 0 Å². The van der Waals surface area contributed by atoms with Crippen LogP contribution in [0, 0.1) is 5.92 Å². The number of hydrogen-bond acceptors (Lipinski definition) is 4. The standard InChI is InChI=1S/C8H11NO4/c1-12-7(10)4-2-5-6(3-4)13-8(11)9-5/h4-6H,2-3H2,1H3,(H,9,11)/t4-,5+,6?/m1/s1. The Morgan fingerprint density at radius 1 is 1.62 bits per heavy atom. The zero-order valence-electron chi connectivity index (χ0n) is 7.28. The molecule has 0 spiro atoms. The number of nitrogens with one attached hydrogen (secondary N) is 1. The highest BCUT2D eigenvalue weighted by Crippen LogP contribution is 2.32. The van der Waals surface area contributed by atoms with Crippen molar-refractivity contribution in [3.05, 3.63) is 0 Å². The predicted molar refractivity (Wildman–Crippen MR) is 41.9 cm³/mol. The fraction of sp³-hybridized carbons (Fsp3) is 0.750. The van der Waals surface area contributed by atoms with Crippen LogP contribution in [0.5, 0.6) is 0 Å². The molecule has 0 aromatic rings. The Balaban J connectivity index is 1.97. The molecule has 1 aliphatic heterocycles. The zero-order chi connectivity index (χ0) is 9.42. The number of carbonyl (C=O) groups excluding carboxylic acids is 2. The smallest absolute Gasteiger partial charge is 0.407 e. The minimum absolute atomic E-state index is 0.00315. The van der Waals surface area contributed by atoms with E-state index in [1.807, 2.05) is 0 Å². The summed E-state index contributed by atoms with van der Waals surface area (Å²) in [5, 5.41) is 2.66. The van der Waals surface area contributed by atoms with Gasteiger partial charge in [-0.25, -0.2) is 4.79 Å². The average molecular weight is 185 g/mol. The fourth-order valence-electron chi connectivity index (χ4n) is 1.96. The summed E-state index contributed by atoms with van der Waals surface area (Å²) in [6.07, 6.45) is 0.689. The van der Waals surface area contributed by atoms with Gasteiger partial charge in [-0.05, 0) is 12.8 Å². The Labute approximate surface area is 75.4 Å². The van der Waals surface area contributed by atoms with E-state index in [4.69, 9.17) is 4.74 Å². The summed E-state index contributed by atoms with van der Waals surface area (Å²) in [5.74, 6) is -0.340. The summed E-state index contributed by atoms with van der Waals surface area (Å²) in [6.45, 7) is 0. The molecule has 1 heterocycles. The number of fused-ring (bicyclic) bond motifs is 1. The molecule has 2 rings (SSSR count). The third-order valence-electron chi connectivity index (χ3n) is 2.60. The maximum atomic E-state index is 11.1.